The summed E-state index contributed by atoms with van der Waals surface area (Å²) in [6.45, 7) is 12.0. The van der Waals surface area contributed by atoms with Crippen molar-refractivity contribution in [3.8, 4) is 0 Å². The Hall–Kier alpha value is -1.35. The van der Waals surface area contributed by atoms with Gasteiger partial charge in [-0.1, -0.05) is 18.2 Å². The zero-order valence-electron chi connectivity index (χ0n) is 29.0. The van der Waals surface area contributed by atoms with Crippen LogP contribution < -0.4 is 5.32 Å². The molecule has 1 aromatic carbocycles. The highest BCUT2D eigenvalue weighted by Crippen LogP contribution is 2.11. The van der Waals surface area contributed by atoms with E-state index in [1.807, 2.05) is 0 Å². The monoisotopic (exact) mass is 725 g/mol. The number of nitrogens with one attached hydrogen (secondary N) is 1. The van der Waals surface area contributed by atoms with E-state index in [1.54, 1.807) is 18.2 Å². The number of rotatable bonds is 36. The molecule has 49 heavy (non-hydrogen) atoms. The zero-order valence-corrected chi connectivity index (χ0v) is 29.8. The van der Waals surface area contributed by atoms with Crippen LogP contribution >= 0.6 is 0 Å². The van der Waals surface area contributed by atoms with Gasteiger partial charge in [-0.3, -0.25) is 4.18 Å². The summed E-state index contributed by atoms with van der Waals surface area (Å²) in [4.78, 5) is 0.121. The van der Waals surface area contributed by atoms with Crippen molar-refractivity contribution in [2.75, 3.05) is 158 Å². The van der Waals surface area contributed by atoms with Gasteiger partial charge in [-0.05, 0) is 38.1 Å². The van der Waals surface area contributed by atoms with Crippen molar-refractivity contribution >= 4 is 10.1 Å². The molecule has 15 nitrogen and oxygen atoms in total. The second-order valence-corrected chi connectivity index (χ2v) is 12.1. The van der Waals surface area contributed by atoms with Crippen molar-refractivity contribution in [1.29, 1.82) is 0 Å². The smallest absolute Gasteiger partial charge is 0.297 e. The van der Waals surface area contributed by atoms with Crippen LogP contribution in [0.5, 0.6) is 0 Å². The molecular formula is C33H59NO14S. The molecule has 0 aromatic heterocycles. The fraction of sp³-hybridized carbons (Fsp3) is 0.818. The summed E-state index contributed by atoms with van der Waals surface area (Å²) in [6, 6.07) is 7.98. The number of benzene rings is 1. The fourth-order valence-corrected chi connectivity index (χ4v) is 5.09. The molecule has 0 saturated carbocycles. The van der Waals surface area contributed by atoms with Crippen molar-refractivity contribution < 1.29 is 64.7 Å². The summed E-state index contributed by atoms with van der Waals surface area (Å²) in [5.74, 6) is 0. The third-order valence-electron chi connectivity index (χ3n) is 6.71. The van der Waals surface area contributed by atoms with E-state index in [9.17, 15) is 8.42 Å². The lowest BCUT2D eigenvalue weighted by Gasteiger charge is -2.22. The number of ether oxygens (including phenoxy) is 11. The summed E-state index contributed by atoms with van der Waals surface area (Å²) in [5.41, 5.74) is 0. The average Bonchev–Trinajstić information content (AvgIpc) is 3.12. The van der Waals surface area contributed by atoms with Gasteiger partial charge in [-0.2, -0.15) is 8.42 Å². The Bertz CT molecular complexity index is 941. The van der Waals surface area contributed by atoms with E-state index in [0.717, 1.165) is 25.9 Å². The molecule has 0 aliphatic carbocycles. The molecule has 0 radical (unpaired) electrons. The predicted octanol–water partition coefficient (Wildman–Crippen LogP) is 1.33. The topological polar surface area (TPSA) is 157 Å². The molecule has 1 aliphatic rings. The number of hydrogen-bond donors (Lipinski definition) is 1. The van der Waals surface area contributed by atoms with Crippen molar-refractivity contribution in [3.63, 3.8) is 0 Å². The van der Waals surface area contributed by atoms with E-state index in [4.69, 9.17) is 56.3 Å². The summed E-state index contributed by atoms with van der Waals surface area (Å²) >= 11 is 0. The Morgan fingerprint density at radius 3 is 1.10 bits per heavy atom. The molecular weight excluding hydrogens is 666 g/mol. The first-order valence-electron chi connectivity index (χ1n) is 17.2. The standard InChI is InChI=1S/C33H59NO14S/c35-49(36,33-4-2-1-3-5-33)48-31-29-46-27-25-44-23-21-42-19-17-40-15-13-38-11-10-37-12-14-39-16-18-41-20-22-43-24-26-45-28-30-47-32-6-8-34-9-7-32/h1-5,32,34H,6-31H2. The summed E-state index contributed by atoms with van der Waals surface area (Å²) in [7, 11) is -3.76. The highest BCUT2D eigenvalue weighted by atomic mass is 32.2. The van der Waals surface area contributed by atoms with Crippen LogP contribution in [0.1, 0.15) is 12.8 Å². The van der Waals surface area contributed by atoms with Gasteiger partial charge >= 0.3 is 0 Å². The van der Waals surface area contributed by atoms with Gasteiger partial charge < -0.3 is 57.4 Å². The minimum absolute atomic E-state index is 0.0579. The summed E-state index contributed by atoms with van der Waals surface area (Å²) in [5, 5.41) is 3.32. The quantitative estimate of drug-likeness (QED) is 0.0780. The van der Waals surface area contributed by atoms with E-state index in [2.05, 4.69) is 5.32 Å². The molecule has 1 aromatic rings. The van der Waals surface area contributed by atoms with Crippen LogP contribution in [0.25, 0.3) is 0 Å². The molecule has 0 bridgehead atoms. The molecule has 1 heterocycles. The van der Waals surface area contributed by atoms with Gasteiger partial charge in [-0.15, -0.1) is 0 Å². The van der Waals surface area contributed by atoms with E-state index in [1.165, 1.54) is 12.1 Å². The Balaban J connectivity index is 1.15. The van der Waals surface area contributed by atoms with Crippen LogP contribution in [0, 0.1) is 0 Å². The highest BCUT2D eigenvalue weighted by molar-refractivity contribution is 7.86. The van der Waals surface area contributed by atoms with Crippen molar-refractivity contribution in [3.05, 3.63) is 30.3 Å². The van der Waals surface area contributed by atoms with Gasteiger partial charge in [0.25, 0.3) is 10.1 Å². The van der Waals surface area contributed by atoms with E-state index >= 15 is 0 Å². The van der Waals surface area contributed by atoms with Crippen LogP contribution in [0.15, 0.2) is 35.2 Å². The molecule has 0 atom stereocenters. The first-order valence-corrected chi connectivity index (χ1v) is 18.6. The molecule has 0 amide bonds. The van der Waals surface area contributed by atoms with Gasteiger partial charge in [0.15, 0.2) is 0 Å². The van der Waals surface area contributed by atoms with E-state index in [-0.39, 0.29) is 18.1 Å². The van der Waals surface area contributed by atoms with Crippen LogP contribution in [-0.2, 0) is 66.4 Å². The lowest BCUT2D eigenvalue weighted by atomic mass is 10.1. The van der Waals surface area contributed by atoms with Crippen molar-refractivity contribution in [2.24, 2.45) is 0 Å². The molecule has 16 heteroatoms. The average molecular weight is 726 g/mol. The molecule has 286 valence electrons. The largest absolute Gasteiger partial charge is 0.377 e. The number of piperidine rings is 1. The second kappa shape index (κ2) is 32.6. The molecule has 1 N–H and O–H groups in total. The second-order valence-electron chi connectivity index (χ2n) is 10.5. The minimum atomic E-state index is -3.76. The van der Waals surface area contributed by atoms with E-state index in [0.29, 0.717) is 138 Å². The lowest BCUT2D eigenvalue weighted by Crippen LogP contribution is -2.33. The van der Waals surface area contributed by atoms with Crippen LogP contribution in [0.4, 0.5) is 0 Å². The highest BCUT2D eigenvalue weighted by Gasteiger charge is 2.14. The van der Waals surface area contributed by atoms with Crippen LogP contribution in [-0.4, -0.2) is 173 Å². The SMILES string of the molecule is O=S(=O)(OCCOCCOCCOCCOCCOCCOCCOCCOCCOCCOCCOC1CCNCC1)c1ccccc1. The molecule has 1 fully saturated rings. The zero-order chi connectivity index (χ0) is 34.8. The molecule has 1 saturated heterocycles. The summed E-state index contributed by atoms with van der Waals surface area (Å²) < 4.78 is 89.3. The Morgan fingerprint density at radius 2 is 0.755 bits per heavy atom. The molecule has 0 unspecified atom stereocenters. The summed E-state index contributed by atoms with van der Waals surface area (Å²) in [6.07, 6.45) is 2.51. The number of hydrogen-bond acceptors (Lipinski definition) is 15. The molecule has 0 spiro atoms. The van der Waals surface area contributed by atoms with Crippen molar-refractivity contribution in [2.45, 2.75) is 23.8 Å². The fourth-order valence-electron chi connectivity index (χ4n) is 4.17. The molecule has 2 rings (SSSR count). The lowest BCUT2D eigenvalue weighted by molar-refractivity contribution is -0.0324. The first kappa shape index (κ1) is 43.8. The van der Waals surface area contributed by atoms with Gasteiger partial charge in [0.1, 0.15) is 0 Å². The third-order valence-corrected chi connectivity index (χ3v) is 8.04. The molecule has 1 aliphatic heterocycles. The Kier molecular flexibility index (Phi) is 29.1. The predicted molar refractivity (Wildman–Crippen MR) is 180 cm³/mol. The van der Waals surface area contributed by atoms with Gasteiger partial charge in [0, 0.05) is 0 Å². The maximum Gasteiger partial charge on any atom is 0.297 e. The third kappa shape index (κ3) is 27.0. The van der Waals surface area contributed by atoms with Crippen LogP contribution in [0.3, 0.4) is 0 Å². The van der Waals surface area contributed by atoms with Gasteiger partial charge in [0.05, 0.1) is 156 Å². The maximum atomic E-state index is 12.0. The Morgan fingerprint density at radius 1 is 0.449 bits per heavy atom. The Labute approximate surface area is 292 Å². The normalized spacial score (nSPS) is 14.1. The van der Waals surface area contributed by atoms with Crippen LogP contribution in [0.2, 0.25) is 0 Å². The van der Waals surface area contributed by atoms with E-state index < -0.39 is 10.1 Å². The van der Waals surface area contributed by atoms with Gasteiger partial charge in [0.2, 0.25) is 0 Å². The van der Waals surface area contributed by atoms with Crippen molar-refractivity contribution in [1.82, 2.24) is 5.32 Å². The van der Waals surface area contributed by atoms with Gasteiger partial charge in [-0.25, -0.2) is 0 Å². The maximum absolute atomic E-state index is 12.0. The first-order chi connectivity index (χ1) is 24.2. The minimum Gasteiger partial charge on any atom is -0.377 e.